The number of rotatable bonds is 1. The maximum Gasteiger partial charge on any atom is 0.298 e. The van der Waals surface area contributed by atoms with E-state index in [0.29, 0.717) is 5.78 Å². The number of aryl methyl sites for hydroxylation is 3. The van der Waals surface area contributed by atoms with Crippen molar-refractivity contribution in [2.45, 2.75) is 39.7 Å². The van der Waals surface area contributed by atoms with Crippen molar-refractivity contribution in [3.63, 3.8) is 0 Å². The predicted octanol–water partition coefficient (Wildman–Crippen LogP) is 2.72. The van der Waals surface area contributed by atoms with Crippen molar-refractivity contribution < 1.29 is 4.79 Å². The number of benzene rings is 1. The van der Waals surface area contributed by atoms with Crippen LogP contribution in [0.5, 0.6) is 0 Å². The highest BCUT2D eigenvalue weighted by Crippen LogP contribution is 2.31. The maximum absolute atomic E-state index is 13.1. The molecule has 0 N–H and O–H groups in total. The van der Waals surface area contributed by atoms with E-state index in [2.05, 4.69) is 28.1 Å². The SMILES string of the molecule is Cc1cc(C)n2nc(C(=O)N3c4ccccc4CCC3C)nc2n1. The zero-order valence-electron chi connectivity index (χ0n) is 14.0. The van der Waals surface area contributed by atoms with Crippen molar-refractivity contribution in [3.05, 3.63) is 53.1 Å². The fourth-order valence-electron chi connectivity index (χ4n) is 3.36. The summed E-state index contributed by atoms with van der Waals surface area (Å²) in [6.07, 6.45) is 1.92. The summed E-state index contributed by atoms with van der Waals surface area (Å²) >= 11 is 0. The molecule has 0 spiro atoms. The van der Waals surface area contributed by atoms with Gasteiger partial charge < -0.3 is 4.90 Å². The topological polar surface area (TPSA) is 63.4 Å². The number of carbonyl (C=O) groups is 1. The molecular weight excluding hydrogens is 302 g/mol. The summed E-state index contributed by atoms with van der Waals surface area (Å²) in [5.41, 5.74) is 3.93. The number of hydrogen-bond donors (Lipinski definition) is 0. The Morgan fingerprint density at radius 3 is 2.83 bits per heavy atom. The Balaban J connectivity index is 1.80. The van der Waals surface area contributed by atoms with E-state index in [0.717, 1.165) is 29.9 Å². The van der Waals surface area contributed by atoms with E-state index >= 15 is 0 Å². The number of aromatic nitrogens is 4. The van der Waals surface area contributed by atoms with Crippen molar-refractivity contribution in [3.8, 4) is 0 Å². The van der Waals surface area contributed by atoms with Crippen LogP contribution in [0.15, 0.2) is 30.3 Å². The molecule has 6 nitrogen and oxygen atoms in total. The highest BCUT2D eigenvalue weighted by Gasteiger charge is 2.31. The summed E-state index contributed by atoms with van der Waals surface area (Å²) in [7, 11) is 0. The van der Waals surface area contributed by atoms with Gasteiger partial charge >= 0.3 is 0 Å². The Morgan fingerprint density at radius 1 is 1.21 bits per heavy atom. The van der Waals surface area contributed by atoms with Gasteiger partial charge in [0.15, 0.2) is 0 Å². The fraction of sp³-hybridized carbons (Fsp3) is 0.333. The number of nitrogens with zero attached hydrogens (tertiary/aromatic N) is 5. The molecule has 1 aliphatic rings. The van der Waals surface area contributed by atoms with Crippen LogP contribution < -0.4 is 4.90 Å². The van der Waals surface area contributed by atoms with Gasteiger partial charge in [-0.05, 0) is 51.3 Å². The summed E-state index contributed by atoms with van der Waals surface area (Å²) < 4.78 is 1.63. The second-order valence-corrected chi connectivity index (χ2v) is 6.38. The zero-order chi connectivity index (χ0) is 16.8. The second-order valence-electron chi connectivity index (χ2n) is 6.38. The molecule has 0 saturated carbocycles. The molecule has 1 unspecified atom stereocenters. The number of fused-ring (bicyclic) bond motifs is 2. The molecule has 0 radical (unpaired) electrons. The van der Waals surface area contributed by atoms with E-state index in [-0.39, 0.29) is 17.8 Å². The van der Waals surface area contributed by atoms with E-state index in [1.54, 1.807) is 4.52 Å². The normalized spacial score (nSPS) is 17.1. The first-order valence-electron chi connectivity index (χ1n) is 8.17. The number of amides is 1. The molecule has 122 valence electrons. The van der Waals surface area contributed by atoms with Gasteiger partial charge in [-0.1, -0.05) is 18.2 Å². The monoisotopic (exact) mass is 321 g/mol. The van der Waals surface area contributed by atoms with Crippen LogP contribution in [0.4, 0.5) is 5.69 Å². The molecule has 6 heteroatoms. The molecule has 1 amide bonds. The molecule has 4 rings (SSSR count). The number of hydrogen-bond acceptors (Lipinski definition) is 4. The fourth-order valence-corrected chi connectivity index (χ4v) is 3.36. The van der Waals surface area contributed by atoms with Crippen LogP contribution >= 0.6 is 0 Å². The average molecular weight is 321 g/mol. The Bertz CT molecular complexity index is 946. The molecule has 0 saturated heterocycles. The number of anilines is 1. The van der Waals surface area contributed by atoms with Crippen molar-refractivity contribution in [2.75, 3.05) is 4.90 Å². The lowest BCUT2D eigenvalue weighted by molar-refractivity contribution is 0.0965. The molecule has 0 bridgehead atoms. The number of carbonyl (C=O) groups excluding carboxylic acids is 1. The zero-order valence-corrected chi connectivity index (χ0v) is 14.0. The molecule has 1 aromatic carbocycles. The van der Waals surface area contributed by atoms with Crippen LogP contribution in [0.3, 0.4) is 0 Å². The van der Waals surface area contributed by atoms with Gasteiger partial charge in [0.05, 0.1) is 0 Å². The van der Waals surface area contributed by atoms with Gasteiger partial charge in [-0.2, -0.15) is 4.98 Å². The third-order valence-electron chi connectivity index (χ3n) is 4.55. The molecule has 0 fully saturated rings. The molecule has 0 aliphatic carbocycles. The Hall–Kier alpha value is -2.76. The van der Waals surface area contributed by atoms with E-state index in [1.807, 2.05) is 43.0 Å². The predicted molar refractivity (Wildman–Crippen MR) is 91.3 cm³/mol. The van der Waals surface area contributed by atoms with E-state index < -0.39 is 0 Å². The van der Waals surface area contributed by atoms with Crippen molar-refractivity contribution in [2.24, 2.45) is 0 Å². The first-order valence-corrected chi connectivity index (χ1v) is 8.17. The number of para-hydroxylation sites is 1. The third kappa shape index (κ3) is 2.26. The van der Waals surface area contributed by atoms with E-state index in [4.69, 9.17) is 0 Å². The third-order valence-corrected chi connectivity index (χ3v) is 4.55. The van der Waals surface area contributed by atoms with Crippen LogP contribution in [-0.2, 0) is 6.42 Å². The minimum Gasteiger partial charge on any atom is -0.303 e. The van der Waals surface area contributed by atoms with E-state index in [9.17, 15) is 4.79 Å². The highest BCUT2D eigenvalue weighted by atomic mass is 16.2. The molecule has 1 aliphatic heterocycles. The van der Waals surface area contributed by atoms with Crippen LogP contribution in [0.1, 0.15) is 40.9 Å². The minimum atomic E-state index is -0.169. The van der Waals surface area contributed by atoms with Gasteiger partial charge in [0, 0.05) is 23.1 Å². The van der Waals surface area contributed by atoms with Gasteiger partial charge in [-0.15, -0.1) is 5.10 Å². The molecule has 24 heavy (non-hydrogen) atoms. The first-order chi connectivity index (χ1) is 11.5. The summed E-state index contributed by atoms with van der Waals surface area (Å²) in [5, 5.41) is 4.39. The summed E-state index contributed by atoms with van der Waals surface area (Å²) in [6.45, 7) is 5.91. The van der Waals surface area contributed by atoms with Crippen LogP contribution in [0, 0.1) is 13.8 Å². The molecule has 2 aromatic heterocycles. The minimum absolute atomic E-state index is 0.120. The van der Waals surface area contributed by atoms with Gasteiger partial charge in [-0.3, -0.25) is 4.79 Å². The largest absolute Gasteiger partial charge is 0.303 e. The Morgan fingerprint density at radius 2 is 2.00 bits per heavy atom. The van der Waals surface area contributed by atoms with Gasteiger partial charge in [0.25, 0.3) is 11.7 Å². The van der Waals surface area contributed by atoms with Gasteiger partial charge in [0.2, 0.25) is 5.82 Å². The molecule has 3 heterocycles. The van der Waals surface area contributed by atoms with Crippen LogP contribution in [-0.4, -0.2) is 31.5 Å². The Kier molecular flexibility index (Phi) is 3.33. The van der Waals surface area contributed by atoms with Crippen molar-refractivity contribution in [1.29, 1.82) is 0 Å². The first kappa shape index (κ1) is 14.8. The van der Waals surface area contributed by atoms with Crippen molar-refractivity contribution in [1.82, 2.24) is 19.6 Å². The van der Waals surface area contributed by atoms with E-state index in [1.165, 1.54) is 5.56 Å². The summed E-state index contributed by atoms with van der Waals surface area (Å²) in [5.74, 6) is 0.491. The Labute approximate surface area is 140 Å². The standard InChI is InChI=1S/C18H19N5O/c1-11-10-13(3)23-18(19-11)20-16(21-23)17(24)22-12(2)8-9-14-6-4-5-7-15(14)22/h4-7,10,12H,8-9H2,1-3H3. The quantitative estimate of drug-likeness (QED) is 0.691. The molecule has 3 aromatic rings. The van der Waals surface area contributed by atoms with Gasteiger partial charge in [0.1, 0.15) is 0 Å². The lowest BCUT2D eigenvalue weighted by atomic mass is 9.96. The van der Waals surface area contributed by atoms with Crippen molar-refractivity contribution >= 4 is 17.4 Å². The van der Waals surface area contributed by atoms with Gasteiger partial charge in [-0.25, -0.2) is 9.50 Å². The van der Waals surface area contributed by atoms with Crippen LogP contribution in [0.2, 0.25) is 0 Å². The lowest BCUT2D eigenvalue weighted by Gasteiger charge is -2.34. The average Bonchev–Trinajstić information content (AvgIpc) is 2.98. The lowest BCUT2D eigenvalue weighted by Crippen LogP contribution is -2.42. The highest BCUT2D eigenvalue weighted by molar-refractivity contribution is 6.05. The molecular formula is C18H19N5O. The smallest absolute Gasteiger partial charge is 0.298 e. The van der Waals surface area contributed by atoms with Crippen LogP contribution in [0.25, 0.3) is 5.78 Å². The summed E-state index contributed by atoms with van der Waals surface area (Å²) in [6, 6.07) is 10.1. The summed E-state index contributed by atoms with van der Waals surface area (Å²) in [4.78, 5) is 23.6. The second kappa shape index (κ2) is 5.40. The molecule has 1 atom stereocenters. The maximum atomic E-state index is 13.1.